The maximum atomic E-state index is 10.6. The predicted octanol–water partition coefficient (Wildman–Crippen LogP) is 2.15. The molecule has 0 aromatic carbocycles. The molecule has 0 unspecified atom stereocenters. The molecule has 12 heavy (non-hydrogen) atoms. The Labute approximate surface area is 71.9 Å². The molecule has 0 heterocycles. The third-order valence-electron chi connectivity index (χ3n) is 2.16. The van der Waals surface area contributed by atoms with E-state index in [4.69, 9.17) is 5.11 Å². The summed E-state index contributed by atoms with van der Waals surface area (Å²) in [5.74, 6) is -0.651. The molecule has 0 atom stereocenters. The fraction of sp³-hybridized carbons (Fsp3) is 0.300. The first kappa shape index (κ1) is 8.78. The van der Waals surface area contributed by atoms with Crippen LogP contribution in [0.5, 0.6) is 0 Å². The van der Waals surface area contributed by atoms with Crippen molar-refractivity contribution in [1.29, 1.82) is 0 Å². The minimum absolute atomic E-state index is 0.182. The van der Waals surface area contributed by atoms with Crippen LogP contribution >= 0.6 is 0 Å². The van der Waals surface area contributed by atoms with Gasteiger partial charge in [0, 0.05) is 11.5 Å². The number of rotatable bonds is 2. The van der Waals surface area contributed by atoms with Crippen LogP contribution < -0.4 is 0 Å². The summed E-state index contributed by atoms with van der Waals surface area (Å²) in [6.07, 6.45) is 7.84. The molecule has 0 aliphatic heterocycles. The summed E-state index contributed by atoms with van der Waals surface area (Å²) in [7, 11) is 0. The highest BCUT2D eigenvalue weighted by atomic mass is 16.4. The van der Waals surface area contributed by atoms with Gasteiger partial charge < -0.3 is 5.11 Å². The Morgan fingerprint density at radius 2 is 1.75 bits per heavy atom. The Bertz CT molecular complexity index is 270. The number of carboxylic acid groups (broad SMARTS) is 1. The summed E-state index contributed by atoms with van der Waals surface area (Å²) < 4.78 is 0. The van der Waals surface area contributed by atoms with Crippen molar-refractivity contribution < 1.29 is 9.90 Å². The van der Waals surface area contributed by atoms with Gasteiger partial charge >= 0.3 is 5.97 Å². The first-order valence-corrected chi connectivity index (χ1v) is 3.88. The molecule has 1 aliphatic carbocycles. The van der Waals surface area contributed by atoms with E-state index in [0.29, 0.717) is 5.57 Å². The topological polar surface area (TPSA) is 37.3 Å². The van der Waals surface area contributed by atoms with Crippen molar-refractivity contribution in [2.75, 3.05) is 0 Å². The third-order valence-corrected chi connectivity index (χ3v) is 2.16. The van der Waals surface area contributed by atoms with Crippen LogP contribution in [0.2, 0.25) is 0 Å². The van der Waals surface area contributed by atoms with E-state index in [2.05, 4.69) is 0 Å². The predicted molar refractivity (Wildman–Crippen MR) is 47.8 cm³/mol. The van der Waals surface area contributed by atoms with Crippen molar-refractivity contribution in [2.45, 2.75) is 13.8 Å². The molecular formula is C10H12O2. The average Bonchev–Trinajstić information content (AvgIpc) is 2.53. The fourth-order valence-corrected chi connectivity index (χ4v) is 1.14. The first-order valence-electron chi connectivity index (χ1n) is 3.88. The second kappa shape index (κ2) is 3.39. The molecule has 2 nitrogen and oxygen atoms in total. The van der Waals surface area contributed by atoms with Crippen molar-refractivity contribution >= 4 is 5.97 Å². The van der Waals surface area contributed by atoms with Gasteiger partial charge in [0.1, 0.15) is 0 Å². The van der Waals surface area contributed by atoms with Gasteiger partial charge in [0.05, 0.1) is 0 Å². The van der Waals surface area contributed by atoms with Crippen LogP contribution in [0.25, 0.3) is 0 Å². The zero-order valence-corrected chi connectivity index (χ0v) is 7.24. The van der Waals surface area contributed by atoms with E-state index < -0.39 is 5.97 Å². The van der Waals surface area contributed by atoms with Crippen LogP contribution in [0.3, 0.4) is 0 Å². The van der Waals surface area contributed by atoms with E-state index in [-0.39, 0.29) is 5.92 Å². The van der Waals surface area contributed by atoms with Crippen LogP contribution in [0.15, 0.2) is 35.5 Å². The van der Waals surface area contributed by atoms with Gasteiger partial charge in [0.25, 0.3) is 0 Å². The molecule has 0 radical (unpaired) electrons. The molecule has 0 aromatic heterocycles. The second-order valence-corrected chi connectivity index (χ2v) is 2.91. The Kier molecular flexibility index (Phi) is 2.48. The standard InChI is InChI=1S/C10H12O2/c1-7(8(2)10(11)12)9-5-3-4-6-9/h3-6,9H,1-2H3,(H,11,12). The van der Waals surface area contributed by atoms with Crippen molar-refractivity contribution in [1.82, 2.24) is 0 Å². The Balaban J connectivity index is 2.88. The molecule has 0 saturated carbocycles. The lowest BCUT2D eigenvalue weighted by Crippen LogP contribution is -2.03. The summed E-state index contributed by atoms with van der Waals surface area (Å²) in [6.45, 7) is 3.49. The molecule has 0 aromatic rings. The average molecular weight is 164 g/mol. The monoisotopic (exact) mass is 164 g/mol. The zero-order valence-electron chi connectivity index (χ0n) is 7.24. The molecule has 1 rings (SSSR count). The number of carboxylic acids is 1. The quantitative estimate of drug-likeness (QED) is 0.635. The summed E-state index contributed by atoms with van der Waals surface area (Å²) in [6, 6.07) is 0. The minimum atomic E-state index is -0.832. The van der Waals surface area contributed by atoms with E-state index in [9.17, 15) is 4.79 Å². The van der Waals surface area contributed by atoms with Crippen molar-refractivity contribution in [3.63, 3.8) is 0 Å². The molecule has 1 N–H and O–H groups in total. The lowest BCUT2D eigenvalue weighted by atomic mass is 9.98. The minimum Gasteiger partial charge on any atom is -0.478 e. The van der Waals surface area contributed by atoms with Crippen LogP contribution in [0, 0.1) is 5.92 Å². The van der Waals surface area contributed by atoms with Gasteiger partial charge in [-0.3, -0.25) is 0 Å². The molecular weight excluding hydrogens is 152 g/mol. The van der Waals surface area contributed by atoms with E-state index in [1.165, 1.54) is 0 Å². The molecule has 0 saturated heterocycles. The maximum Gasteiger partial charge on any atom is 0.331 e. The van der Waals surface area contributed by atoms with Crippen molar-refractivity contribution in [3.8, 4) is 0 Å². The van der Waals surface area contributed by atoms with Gasteiger partial charge in [-0.05, 0) is 13.8 Å². The third kappa shape index (κ3) is 1.64. The number of aliphatic carboxylic acids is 1. The van der Waals surface area contributed by atoms with E-state index >= 15 is 0 Å². The van der Waals surface area contributed by atoms with Gasteiger partial charge in [0.2, 0.25) is 0 Å². The molecule has 0 amide bonds. The largest absolute Gasteiger partial charge is 0.478 e. The smallest absolute Gasteiger partial charge is 0.331 e. The molecule has 0 fully saturated rings. The normalized spacial score (nSPS) is 18.2. The first-order chi connectivity index (χ1) is 5.63. The van der Waals surface area contributed by atoms with Gasteiger partial charge in [-0.25, -0.2) is 4.79 Å². The fourth-order valence-electron chi connectivity index (χ4n) is 1.14. The van der Waals surface area contributed by atoms with Crippen LogP contribution in [0.1, 0.15) is 13.8 Å². The lowest BCUT2D eigenvalue weighted by Gasteiger charge is -2.07. The zero-order chi connectivity index (χ0) is 9.14. The Morgan fingerprint density at radius 1 is 1.25 bits per heavy atom. The molecule has 2 heteroatoms. The summed E-state index contributed by atoms with van der Waals surface area (Å²) in [5, 5.41) is 8.71. The summed E-state index contributed by atoms with van der Waals surface area (Å²) >= 11 is 0. The highest BCUT2D eigenvalue weighted by Crippen LogP contribution is 2.21. The van der Waals surface area contributed by atoms with Crippen LogP contribution in [0.4, 0.5) is 0 Å². The number of hydrogen-bond acceptors (Lipinski definition) is 1. The number of hydrogen-bond donors (Lipinski definition) is 1. The number of allylic oxidation sites excluding steroid dienone is 5. The van der Waals surface area contributed by atoms with Crippen molar-refractivity contribution in [3.05, 3.63) is 35.5 Å². The highest BCUT2D eigenvalue weighted by molar-refractivity contribution is 5.87. The SMILES string of the molecule is CC(C(=O)O)=C(C)C1C=CC=C1. The van der Waals surface area contributed by atoms with E-state index in [1.54, 1.807) is 6.92 Å². The lowest BCUT2D eigenvalue weighted by molar-refractivity contribution is -0.132. The molecule has 64 valence electrons. The van der Waals surface area contributed by atoms with Gasteiger partial charge in [-0.15, -0.1) is 0 Å². The van der Waals surface area contributed by atoms with Gasteiger partial charge in [-0.1, -0.05) is 29.9 Å². The maximum absolute atomic E-state index is 10.6. The molecule has 0 bridgehead atoms. The van der Waals surface area contributed by atoms with E-state index in [0.717, 1.165) is 5.57 Å². The molecule has 1 aliphatic rings. The van der Waals surface area contributed by atoms with Crippen molar-refractivity contribution in [2.24, 2.45) is 5.92 Å². The van der Waals surface area contributed by atoms with E-state index in [1.807, 2.05) is 31.2 Å². The van der Waals surface area contributed by atoms with Gasteiger partial charge in [-0.2, -0.15) is 0 Å². The number of carbonyl (C=O) groups is 1. The Hall–Kier alpha value is -1.31. The molecule has 0 spiro atoms. The van der Waals surface area contributed by atoms with Crippen LogP contribution in [-0.4, -0.2) is 11.1 Å². The second-order valence-electron chi connectivity index (χ2n) is 2.91. The highest BCUT2D eigenvalue weighted by Gasteiger charge is 2.12. The van der Waals surface area contributed by atoms with Gasteiger partial charge in [0.15, 0.2) is 0 Å². The Morgan fingerprint density at radius 3 is 2.17 bits per heavy atom. The summed E-state index contributed by atoms with van der Waals surface area (Å²) in [5.41, 5.74) is 1.35. The summed E-state index contributed by atoms with van der Waals surface area (Å²) in [4.78, 5) is 10.6. The van der Waals surface area contributed by atoms with Crippen LogP contribution in [-0.2, 0) is 4.79 Å².